The van der Waals surface area contributed by atoms with Crippen LogP contribution < -0.4 is 5.32 Å². The summed E-state index contributed by atoms with van der Waals surface area (Å²) < 4.78 is 29.9. The van der Waals surface area contributed by atoms with E-state index in [1.54, 1.807) is 31.2 Å². The maximum absolute atomic E-state index is 12.2. The Morgan fingerprint density at radius 2 is 2.04 bits per heavy atom. The van der Waals surface area contributed by atoms with Crippen LogP contribution in [0.2, 0.25) is 5.02 Å². The maximum Gasteiger partial charge on any atom is 0.235 e. The molecule has 0 aliphatic rings. The van der Waals surface area contributed by atoms with Gasteiger partial charge in [-0.1, -0.05) is 30.7 Å². The van der Waals surface area contributed by atoms with Gasteiger partial charge in [-0.2, -0.15) is 0 Å². The average molecular weight is 371 g/mol. The number of sulfone groups is 1. The number of carbonyl (C=O) groups is 1. The van der Waals surface area contributed by atoms with Crippen molar-refractivity contribution < 1.29 is 17.6 Å². The molecule has 1 heterocycles. The second-order valence-electron chi connectivity index (χ2n) is 5.38. The molecule has 0 fully saturated rings. The molecule has 0 bridgehead atoms. The molecule has 1 aromatic carbocycles. The lowest BCUT2D eigenvalue weighted by Crippen LogP contribution is -2.31. The summed E-state index contributed by atoms with van der Waals surface area (Å²) in [6, 6.07) is 7.01. The van der Waals surface area contributed by atoms with E-state index < -0.39 is 21.5 Å². The predicted molar refractivity (Wildman–Crippen MR) is 92.5 cm³/mol. The number of aryl methyl sites for hydroxylation is 1. The molecule has 0 atom stereocenters. The second-order valence-corrected chi connectivity index (χ2v) is 7.86. The highest BCUT2D eigenvalue weighted by Gasteiger charge is 2.22. The zero-order valence-corrected chi connectivity index (χ0v) is 15.1. The van der Waals surface area contributed by atoms with Crippen LogP contribution in [0.1, 0.15) is 24.8 Å². The first-order valence-electron chi connectivity index (χ1n) is 7.50. The Hall–Kier alpha value is -1.86. The number of nitrogens with one attached hydrogen (secondary N) is 1. The molecule has 1 aromatic heterocycles. The standard InChI is InChI=1S/C16H19ClN2O4S/c1-3-8-18-15(20)10-24(21,22)9-14-11(2)23-16(19-14)12-6-4-5-7-13(12)17/h4-7H,3,8-10H2,1-2H3,(H,18,20). The van der Waals surface area contributed by atoms with Gasteiger partial charge >= 0.3 is 0 Å². The number of carbonyl (C=O) groups excluding carboxylic acids is 1. The summed E-state index contributed by atoms with van der Waals surface area (Å²) in [5.41, 5.74) is 0.875. The third-order valence-corrected chi connectivity index (χ3v) is 5.02. The minimum Gasteiger partial charge on any atom is -0.441 e. The number of halogens is 1. The highest BCUT2D eigenvalue weighted by molar-refractivity contribution is 7.91. The quantitative estimate of drug-likeness (QED) is 0.809. The lowest BCUT2D eigenvalue weighted by atomic mass is 10.2. The first-order valence-corrected chi connectivity index (χ1v) is 9.70. The van der Waals surface area contributed by atoms with Crippen LogP contribution in [0.5, 0.6) is 0 Å². The van der Waals surface area contributed by atoms with Crippen LogP contribution >= 0.6 is 11.6 Å². The number of aromatic nitrogens is 1. The second kappa shape index (κ2) is 7.81. The first-order chi connectivity index (χ1) is 11.3. The summed E-state index contributed by atoms with van der Waals surface area (Å²) in [6.07, 6.45) is 0.745. The molecule has 2 rings (SSSR count). The van der Waals surface area contributed by atoms with Crippen molar-refractivity contribution in [2.24, 2.45) is 0 Å². The Labute approximate surface area is 146 Å². The molecule has 0 saturated carbocycles. The van der Waals surface area contributed by atoms with Gasteiger partial charge in [-0.25, -0.2) is 13.4 Å². The summed E-state index contributed by atoms with van der Waals surface area (Å²) in [6.45, 7) is 3.98. The molecular formula is C16H19ClN2O4S. The summed E-state index contributed by atoms with van der Waals surface area (Å²) in [5.74, 6) is -0.780. The fraction of sp³-hybridized carbons (Fsp3) is 0.375. The molecule has 6 nitrogen and oxygen atoms in total. The summed E-state index contributed by atoms with van der Waals surface area (Å²) in [7, 11) is -3.63. The van der Waals surface area contributed by atoms with E-state index in [0.29, 0.717) is 22.9 Å². The van der Waals surface area contributed by atoms with E-state index in [1.165, 1.54) is 0 Å². The van der Waals surface area contributed by atoms with Crippen molar-refractivity contribution in [2.45, 2.75) is 26.0 Å². The van der Waals surface area contributed by atoms with E-state index in [2.05, 4.69) is 10.3 Å². The van der Waals surface area contributed by atoms with Crippen molar-refractivity contribution in [3.63, 3.8) is 0 Å². The van der Waals surface area contributed by atoms with Gasteiger partial charge in [0.05, 0.1) is 22.0 Å². The Morgan fingerprint density at radius 3 is 2.71 bits per heavy atom. The number of nitrogens with zero attached hydrogens (tertiary/aromatic N) is 1. The van der Waals surface area contributed by atoms with E-state index in [1.807, 2.05) is 6.92 Å². The Balaban J connectivity index is 2.16. The van der Waals surface area contributed by atoms with Crippen LogP contribution in [0.25, 0.3) is 11.5 Å². The van der Waals surface area contributed by atoms with Crippen molar-refractivity contribution in [3.8, 4) is 11.5 Å². The van der Waals surface area contributed by atoms with Crippen molar-refractivity contribution in [2.75, 3.05) is 12.3 Å². The molecule has 8 heteroatoms. The number of amides is 1. The van der Waals surface area contributed by atoms with Crippen LogP contribution in [0.4, 0.5) is 0 Å². The van der Waals surface area contributed by atoms with E-state index in [0.717, 1.165) is 6.42 Å². The molecule has 1 N–H and O–H groups in total. The van der Waals surface area contributed by atoms with Crippen LogP contribution in [0.3, 0.4) is 0 Å². The lowest BCUT2D eigenvalue weighted by molar-refractivity contribution is -0.118. The fourth-order valence-electron chi connectivity index (χ4n) is 2.09. The van der Waals surface area contributed by atoms with Crippen LogP contribution in [-0.2, 0) is 20.4 Å². The zero-order chi connectivity index (χ0) is 17.7. The average Bonchev–Trinajstić information content (AvgIpc) is 2.85. The topological polar surface area (TPSA) is 89.3 Å². The smallest absolute Gasteiger partial charge is 0.235 e. The molecule has 0 spiro atoms. The number of hydrogen-bond donors (Lipinski definition) is 1. The summed E-state index contributed by atoms with van der Waals surface area (Å²) in [4.78, 5) is 15.8. The minimum atomic E-state index is -3.63. The first kappa shape index (κ1) is 18.5. The third-order valence-electron chi connectivity index (χ3n) is 3.28. The number of hydrogen-bond acceptors (Lipinski definition) is 5. The van der Waals surface area contributed by atoms with Crippen LogP contribution in [0.15, 0.2) is 28.7 Å². The van der Waals surface area contributed by atoms with Gasteiger partial charge in [0.15, 0.2) is 9.84 Å². The van der Waals surface area contributed by atoms with Gasteiger partial charge < -0.3 is 9.73 Å². The van der Waals surface area contributed by atoms with Gasteiger partial charge in [0, 0.05) is 6.54 Å². The fourth-order valence-corrected chi connectivity index (χ4v) is 3.59. The normalized spacial score (nSPS) is 11.5. The number of rotatable bonds is 7. The SMILES string of the molecule is CCCNC(=O)CS(=O)(=O)Cc1nc(-c2ccccc2Cl)oc1C. The minimum absolute atomic E-state index is 0.263. The van der Waals surface area contributed by atoms with Gasteiger partial charge in [0.1, 0.15) is 11.5 Å². The van der Waals surface area contributed by atoms with Crippen molar-refractivity contribution in [1.82, 2.24) is 10.3 Å². The van der Waals surface area contributed by atoms with E-state index in [4.69, 9.17) is 16.0 Å². The highest BCUT2D eigenvalue weighted by Crippen LogP contribution is 2.28. The molecule has 0 unspecified atom stereocenters. The molecule has 1 amide bonds. The number of benzene rings is 1. The summed E-state index contributed by atoms with van der Waals surface area (Å²) in [5, 5.41) is 3.01. The Kier molecular flexibility index (Phi) is 6.01. The molecule has 0 aliphatic carbocycles. The van der Waals surface area contributed by atoms with E-state index in [-0.39, 0.29) is 17.3 Å². The van der Waals surface area contributed by atoms with E-state index in [9.17, 15) is 13.2 Å². The van der Waals surface area contributed by atoms with Crippen molar-refractivity contribution in [3.05, 3.63) is 40.7 Å². The highest BCUT2D eigenvalue weighted by atomic mass is 35.5. The Morgan fingerprint density at radius 1 is 1.33 bits per heavy atom. The van der Waals surface area contributed by atoms with Gasteiger partial charge in [-0.05, 0) is 25.5 Å². The van der Waals surface area contributed by atoms with Crippen molar-refractivity contribution >= 4 is 27.3 Å². The van der Waals surface area contributed by atoms with Gasteiger partial charge in [-0.15, -0.1) is 0 Å². The summed E-state index contributed by atoms with van der Waals surface area (Å²) >= 11 is 6.10. The largest absolute Gasteiger partial charge is 0.441 e. The zero-order valence-electron chi connectivity index (χ0n) is 13.5. The lowest BCUT2D eigenvalue weighted by Gasteiger charge is -2.04. The van der Waals surface area contributed by atoms with Crippen LogP contribution in [-0.4, -0.2) is 31.6 Å². The van der Waals surface area contributed by atoms with Gasteiger partial charge in [0.2, 0.25) is 11.8 Å². The molecular weight excluding hydrogens is 352 g/mol. The molecule has 24 heavy (non-hydrogen) atoms. The number of oxazole rings is 1. The van der Waals surface area contributed by atoms with Gasteiger partial charge in [-0.3, -0.25) is 4.79 Å². The maximum atomic E-state index is 12.2. The Bertz CT molecular complexity index is 830. The predicted octanol–water partition coefficient (Wildman–Crippen LogP) is 2.74. The molecule has 0 radical (unpaired) electrons. The molecule has 0 aliphatic heterocycles. The van der Waals surface area contributed by atoms with Crippen molar-refractivity contribution in [1.29, 1.82) is 0 Å². The molecule has 130 valence electrons. The molecule has 0 saturated heterocycles. The molecule has 2 aromatic rings. The van der Waals surface area contributed by atoms with Crippen LogP contribution in [0, 0.1) is 6.92 Å². The van der Waals surface area contributed by atoms with Gasteiger partial charge in [0.25, 0.3) is 0 Å². The third kappa shape index (κ3) is 4.82. The van der Waals surface area contributed by atoms with E-state index >= 15 is 0 Å². The monoisotopic (exact) mass is 370 g/mol.